The molecule has 132 valence electrons. The number of aryl methyl sites for hydroxylation is 1. The number of phenolic OH excluding ortho intramolecular Hbond substituents is 2. The van der Waals surface area contributed by atoms with Crippen molar-refractivity contribution < 1.29 is 14.9 Å². The molecular weight excluding hydrogens is 300 g/mol. The molecule has 24 heavy (non-hydrogen) atoms. The molecular formula is C21H30O3. The van der Waals surface area contributed by atoms with Crippen molar-refractivity contribution >= 4 is 0 Å². The highest BCUT2D eigenvalue weighted by atomic mass is 16.5. The zero-order chi connectivity index (χ0) is 17.1. The molecule has 0 radical (unpaired) electrons. The number of aromatic hydroxyl groups is 2. The van der Waals surface area contributed by atoms with Gasteiger partial charge in [0.05, 0.1) is 13.2 Å². The summed E-state index contributed by atoms with van der Waals surface area (Å²) in [5, 5.41) is 21.7. The van der Waals surface area contributed by atoms with Gasteiger partial charge in [0.25, 0.3) is 0 Å². The van der Waals surface area contributed by atoms with Crippen molar-refractivity contribution in [3.63, 3.8) is 0 Å². The molecule has 0 saturated carbocycles. The molecule has 1 fully saturated rings. The second kappa shape index (κ2) is 7.60. The SMILES string of the molecule is CCCCCc1cc(O)c(C2C=C(C)CCC2)c(O)c1C1COC1. The number of hydrogen-bond donors (Lipinski definition) is 2. The van der Waals surface area contributed by atoms with Crippen LogP contribution >= 0.6 is 0 Å². The minimum Gasteiger partial charge on any atom is -0.507 e. The summed E-state index contributed by atoms with van der Waals surface area (Å²) in [6.45, 7) is 5.69. The summed E-state index contributed by atoms with van der Waals surface area (Å²) < 4.78 is 5.37. The molecule has 2 aliphatic rings. The first-order chi connectivity index (χ1) is 11.6. The van der Waals surface area contributed by atoms with E-state index < -0.39 is 0 Å². The molecule has 1 aromatic rings. The maximum absolute atomic E-state index is 11.0. The first kappa shape index (κ1) is 17.3. The van der Waals surface area contributed by atoms with E-state index in [-0.39, 0.29) is 17.6 Å². The number of rotatable bonds is 6. The van der Waals surface area contributed by atoms with Crippen LogP contribution in [-0.2, 0) is 11.2 Å². The van der Waals surface area contributed by atoms with E-state index in [1.807, 2.05) is 6.07 Å². The summed E-state index contributed by atoms with van der Waals surface area (Å²) in [5.41, 5.74) is 4.22. The summed E-state index contributed by atoms with van der Waals surface area (Å²) in [7, 11) is 0. The van der Waals surface area contributed by atoms with E-state index in [2.05, 4.69) is 19.9 Å². The maximum Gasteiger partial charge on any atom is 0.126 e. The average molecular weight is 330 g/mol. The third-order valence-corrected chi connectivity index (χ3v) is 5.48. The van der Waals surface area contributed by atoms with Crippen LogP contribution in [0.15, 0.2) is 17.7 Å². The Labute approximate surface area is 145 Å². The van der Waals surface area contributed by atoms with Crippen molar-refractivity contribution in [2.45, 2.75) is 70.6 Å². The molecule has 1 atom stereocenters. The van der Waals surface area contributed by atoms with Crippen LogP contribution in [0.1, 0.15) is 80.9 Å². The molecule has 1 unspecified atom stereocenters. The second-order valence-corrected chi connectivity index (χ2v) is 7.43. The minimum absolute atomic E-state index is 0.128. The van der Waals surface area contributed by atoms with Gasteiger partial charge in [-0.25, -0.2) is 0 Å². The van der Waals surface area contributed by atoms with Gasteiger partial charge in [-0.05, 0) is 50.7 Å². The van der Waals surface area contributed by atoms with E-state index in [0.29, 0.717) is 19.0 Å². The fraction of sp³-hybridized carbons (Fsp3) is 0.619. The summed E-state index contributed by atoms with van der Waals surface area (Å²) in [6, 6.07) is 1.91. The average Bonchev–Trinajstić information content (AvgIpc) is 2.49. The lowest BCUT2D eigenvalue weighted by Gasteiger charge is -2.31. The highest BCUT2D eigenvalue weighted by Crippen LogP contribution is 2.47. The topological polar surface area (TPSA) is 49.7 Å². The Morgan fingerprint density at radius 1 is 1.17 bits per heavy atom. The van der Waals surface area contributed by atoms with Crippen LogP contribution in [0.5, 0.6) is 11.5 Å². The lowest BCUT2D eigenvalue weighted by atomic mass is 9.80. The molecule has 3 rings (SSSR count). The monoisotopic (exact) mass is 330 g/mol. The highest BCUT2D eigenvalue weighted by Gasteiger charge is 2.31. The standard InChI is InChI=1S/C21H30O3/c1-3-4-5-8-16-11-18(22)20(15-9-6-7-14(2)10-15)21(23)19(16)17-12-24-13-17/h10-11,15,17,22-23H,3-9,12-13H2,1-2H3. The van der Waals surface area contributed by atoms with E-state index in [4.69, 9.17) is 4.74 Å². The summed E-state index contributed by atoms with van der Waals surface area (Å²) in [4.78, 5) is 0. The Hall–Kier alpha value is -1.48. The van der Waals surface area contributed by atoms with Crippen LogP contribution in [0.25, 0.3) is 0 Å². The maximum atomic E-state index is 11.0. The van der Waals surface area contributed by atoms with Crippen LogP contribution in [-0.4, -0.2) is 23.4 Å². The lowest BCUT2D eigenvalue weighted by Crippen LogP contribution is -2.26. The number of hydrogen-bond acceptors (Lipinski definition) is 3. The van der Waals surface area contributed by atoms with Crippen molar-refractivity contribution in [2.24, 2.45) is 0 Å². The van der Waals surface area contributed by atoms with E-state index >= 15 is 0 Å². The molecule has 1 aromatic carbocycles. The predicted molar refractivity (Wildman–Crippen MR) is 96.9 cm³/mol. The smallest absolute Gasteiger partial charge is 0.126 e. The highest BCUT2D eigenvalue weighted by molar-refractivity contribution is 5.57. The van der Waals surface area contributed by atoms with Gasteiger partial charge in [0.15, 0.2) is 0 Å². The third kappa shape index (κ3) is 3.46. The molecule has 1 aliphatic heterocycles. The Bertz CT molecular complexity index is 614. The van der Waals surface area contributed by atoms with Crippen molar-refractivity contribution in [3.8, 4) is 11.5 Å². The van der Waals surface area contributed by atoms with Gasteiger partial charge in [0.2, 0.25) is 0 Å². The minimum atomic E-state index is 0.128. The Morgan fingerprint density at radius 3 is 2.58 bits per heavy atom. The van der Waals surface area contributed by atoms with Gasteiger partial charge in [-0.15, -0.1) is 0 Å². The van der Waals surface area contributed by atoms with Gasteiger partial charge < -0.3 is 14.9 Å². The normalized spacial score (nSPS) is 21.4. The van der Waals surface area contributed by atoms with Crippen molar-refractivity contribution in [1.29, 1.82) is 0 Å². The molecule has 0 bridgehead atoms. The number of unbranched alkanes of at least 4 members (excludes halogenated alkanes) is 2. The number of ether oxygens (including phenoxy) is 1. The van der Waals surface area contributed by atoms with Crippen LogP contribution in [0.3, 0.4) is 0 Å². The zero-order valence-corrected chi connectivity index (χ0v) is 15.0. The summed E-state index contributed by atoms with van der Waals surface area (Å²) >= 11 is 0. The molecule has 1 heterocycles. The van der Waals surface area contributed by atoms with Crippen molar-refractivity contribution in [2.75, 3.05) is 13.2 Å². The van der Waals surface area contributed by atoms with Gasteiger partial charge in [-0.2, -0.15) is 0 Å². The predicted octanol–water partition coefficient (Wildman–Crippen LogP) is 5.16. The van der Waals surface area contributed by atoms with Crippen LogP contribution in [0.4, 0.5) is 0 Å². The van der Waals surface area contributed by atoms with Gasteiger partial charge in [-0.1, -0.05) is 31.4 Å². The molecule has 0 amide bonds. The van der Waals surface area contributed by atoms with Crippen LogP contribution in [0, 0.1) is 0 Å². The van der Waals surface area contributed by atoms with E-state index in [1.54, 1.807) is 0 Å². The summed E-state index contributed by atoms with van der Waals surface area (Å²) in [6.07, 6.45) is 9.81. The van der Waals surface area contributed by atoms with E-state index in [9.17, 15) is 10.2 Å². The largest absolute Gasteiger partial charge is 0.507 e. The zero-order valence-electron chi connectivity index (χ0n) is 15.0. The third-order valence-electron chi connectivity index (χ3n) is 5.48. The number of allylic oxidation sites excluding steroid dienone is 2. The number of phenols is 2. The number of benzene rings is 1. The van der Waals surface area contributed by atoms with Gasteiger partial charge in [0, 0.05) is 23.0 Å². The van der Waals surface area contributed by atoms with Crippen LogP contribution < -0.4 is 0 Å². The van der Waals surface area contributed by atoms with Crippen LogP contribution in [0.2, 0.25) is 0 Å². The molecule has 1 aliphatic carbocycles. The molecule has 1 saturated heterocycles. The first-order valence-electron chi connectivity index (χ1n) is 9.44. The lowest BCUT2D eigenvalue weighted by molar-refractivity contribution is 0.00707. The summed E-state index contributed by atoms with van der Waals surface area (Å²) in [5.74, 6) is 0.988. The van der Waals surface area contributed by atoms with Crippen molar-refractivity contribution in [3.05, 3.63) is 34.4 Å². The Balaban J connectivity index is 1.99. The Kier molecular flexibility index (Phi) is 5.50. The quantitative estimate of drug-likeness (QED) is 0.559. The first-order valence-corrected chi connectivity index (χ1v) is 9.44. The molecule has 2 N–H and O–H groups in total. The van der Waals surface area contributed by atoms with Gasteiger partial charge in [-0.3, -0.25) is 0 Å². The Morgan fingerprint density at radius 2 is 1.96 bits per heavy atom. The molecule has 3 heteroatoms. The van der Waals surface area contributed by atoms with E-state index in [0.717, 1.165) is 48.8 Å². The van der Waals surface area contributed by atoms with Gasteiger partial charge in [0.1, 0.15) is 11.5 Å². The fourth-order valence-corrected chi connectivity index (χ4v) is 4.07. The second-order valence-electron chi connectivity index (χ2n) is 7.43. The molecule has 0 spiro atoms. The van der Waals surface area contributed by atoms with E-state index in [1.165, 1.54) is 18.4 Å². The fourth-order valence-electron chi connectivity index (χ4n) is 4.07. The molecule has 3 nitrogen and oxygen atoms in total. The van der Waals surface area contributed by atoms with Gasteiger partial charge >= 0.3 is 0 Å². The van der Waals surface area contributed by atoms with Crippen molar-refractivity contribution in [1.82, 2.24) is 0 Å². The molecule has 0 aromatic heterocycles.